The highest BCUT2D eigenvalue weighted by Crippen LogP contribution is 2.36. The van der Waals surface area contributed by atoms with E-state index in [1.807, 2.05) is 6.07 Å². The summed E-state index contributed by atoms with van der Waals surface area (Å²) in [7, 11) is 0. The lowest BCUT2D eigenvalue weighted by Gasteiger charge is -2.31. The van der Waals surface area contributed by atoms with Gasteiger partial charge in [-0.15, -0.1) is 0 Å². The van der Waals surface area contributed by atoms with Crippen LogP contribution in [0.4, 0.5) is 22.0 Å². The topological polar surface area (TPSA) is 149 Å². The molecule has 1 saturated heterocycles. The van der Waals surface area contributed by atoms with Crippen molar-refractivity contribution in [3.63, 3.8) is 0 Å². The van der Waals surface area contributed by atoms with E-state index in [2.05, 4.69) is 30.2 Å². The molecule has 0 atom stereocenters. The standard InChI is InChI=1S/C24H22N8O4/c33-15-3-6-30(7-4-15)14-1-2-19(27-9-14)29-17-10-28-22(16-13-32(24(35)36)23(34)21(16)17)18-11-25-12-20-26-5-8-31(18)20/h1-2,5,8-12,15,33H,3-4,6-7,13H2,(H,27,29)(H,35,36). The molecule has 3 N–H and O–H groups in total. The number of aliphatic hydroxyl groups is 1. The fraction of sp³-hybridized carbons (Fsp3) is 0.250. The Bertz CT molecular complexity index is 1480. The Morgan fingerprint density at radius 3 is 2.64 bits per heavy atom. The van der Waals surface area contributed by atoms with Crippen LogP contribution in [0, 0.1) is 0 Å². The molecule has 0 radical (unpaired) electrons. The summed E-state index contributed by atoms with van der Waals surface area (Å²) in [4.78, 5) is 45.4. The number of rotatable bonds is 4. The summed E-state index contributed by atoms with van der Waals surface area (Å²) in [6, 6.07) is 3.72. The number of carbonyl (C=O) groups is 2. The van der Waals surface area contributed by atoms with Crippen LogP contribution in [0.25, 0.3) is 17.0 Å². The molecule has 36 heavy (non-hydrogen) atoms. The van der Waals surface area contributed by atoms with Gasteiger partial charge in [0.05, 0.1) is 65.8 Å². The minimum atomic E-state index is -1.33. The van der Waals surface area contributed by atoms with E-state index < -0.39 is 12.0 Å². The molecule has 1 fully saturated rings. The first-order chi connectivity index (χ1) is 17.5. The predicted octanol–water partition coefficient (Wildman–Crippen LogP) is 2.52. The van der Waals surface area contributed by atoms with Gasteiger partial charge in [-0.1, -0.05) is 0 Å². The normalized spacial score (nSPS) is 16.0. The van der Waals surface area contributed by atoms with Crippen LogP contribution in [0.15, 0.2) is 49.3 Å². The molecule has 0 saturated carbocycles. The van der Waals surface area contributed by atoms with Gasteiger partial charge in [-0.3, -0.25) is 19.2 Å². The Labute approximate surface area is 204 Å². The summed E-state index contributed by atoms with van der Waals surface area (Å²) >= 11 is 0. The number of carbonyl (C=O) groups excluding carboxylic acids is 1. The molecule has 2 aliphatic heterocycles. The molecule has 12 nitrogen and oxygen atoms in total. The number of anilines is 3. The highest BCUT2D eigenvalue weighted by molar-refractivity contribution is 6.11. The molecule has 182 valence electrons. The van der Waals surface area contributed by atoms with Crippen LogP contribution in [-0.2, 0) is 6.54 Å². The van der Waals surface area contributed by atoms with E-state index in [4.69, 9.17) is 0 Å². The second kappa shape index (κ2) is 8.57. The van der Waals surface area contributed by atoms with Crippen molar-refractivity contribution in [2.24, 2.45) is 0 Å². The number of nitrogens with one attached hydrogen (secondary N) is 1. The molecular weight excluding hydrogens is 464 g/mol. The smallest absolute Gasteiger partial charge is 0.414 e. The van der Waals surface area contributed by atoms with Gasteiger partial charge in [0.1, 0.15) is 5.82 Å². The molecule has 4 aromatic rings. The molecule has 0 unspecified atom stereocenters. The van der Waals surface area contributed by atoms with E-state index in [0.29, 0.717) is 46.9 Å². The Morgan fingerprint density at radius 1 is 1.06 bits per heavy atom. The Balaban J connectivity index is 1.36. The lowest BCUT2D eigenvalue weighted by molar-refractivity contribution is 0.0764. The number of carboxylic acid groups (broad SMARTS) is 1. The van der Waals surface area contributed by atoms with Crippen molar-refractivity contribution in [3.05, 3.63) is 60.4 Å². The first kappa shape index (κ1) is 21.9. The lowest BCUT2D eigenvalue weighted by atomic mass is 10.1. The van der Waals surface area contributed by atoms with Gasteiger partial charge in [-0.05, 0) is 25.0 Å². The van der Waals surface area contributed by atoms with Gasteiger partial charge in [0, 0.05) is 31.0 Å². The number of nitrogens with zero attached hydrogens (tertiary/aromatic N) is 7. The molecule has 2 aliphatic rings. The maximum Gasteiger partial charge on any atom is 0.414 e. The number of amides is 2. The number of piperidine rings is 1. The van der Waals surface area contributed by atoms with E-state index in [1.165, 1.54) is 6.20 Å². The van der Waals surface area contributed by atoms with Crippen molar-refractivity contribution >= 4 is 34.8 Å². The highest BCUT2D eigenvalue weighted by atomic mass is 16.4. The maximum absolute atomic E-state index is 13.1. The van der Waals surface area contributed by atoms with Crippen molar-refractivity contribution in [1.29, 1.82) is 0 Å². The summed E-state index contributed by atoms with van der Waals surface area (Å²) in [5.41, 5.74) is 3.70. The summed E-state index contributed by atoms with van der Waals surface area (Å²) in [5, 5.41) is 22.5. The van der Waals surface area contributed by atoms with Gasteiger partial charge < -0.3 is 20.4 Å². The molecule has 12 heteroatoms. The van der Waals surface area contributed by atoms with E-state index in [9.17, 15) is 19.8 Å². The molecule has 6 heterocycles. The number of hydrogen-bond donors (Lipinski definition) is 3. The number of hydrogen-bond acceptors (Lipinski definition) is 9. The van der Waals surface area contributed by atoms with Gasteiger partial charge in [0.15, 0.2) is 5.65 Å². The number of imide groups is 1. The maximum atomic E-state index is 13.1. The van der Waals surface area contributed by atoms with E-state index >= 15 is 0 Å². The van der Waals surface area contributed by atoms with Gasteiger partial charge >= 0.3 is 6.09 Å². The summed E-state index contributed by atoms with van der Waals surface area (Å²) in [6.07, 6.45) is 9.69. The predicted molar refractivity (Wildman–Crippen MR) is 129 cm³/mol. The molecular formula is C24H22N8O4. The zero-order valence-electron chi connectivity index (χ0n) is 19.1. The average Bonchev–Trinajstić information content (AvgIpc) is 3.50. The van der Waals surface area contributed by atoms with Gasteiger partial charge in [0.2, 0.25) is 0 Å². The van der Waals surface area contributed by atoms with E-state index in [0.717, 1.165) is 23.7 Å². The second-order valence-electron chi connectivity index (χ2n) is 8.74. The molecule has 0 aliphatic carbocycles. The number of aliphatic hydroxyl groups excluding tert-OH is 1. The zero-order chi connectivity index (χ0) is 24.8. The first-order valence-electron chi connectivity index (χ1n) is 11.5. The molecule has 4 aromatic heterocycles. The second-order valence-corrected chi connectivity index (χ2v) is 8.74. The first-order valence-corrected chi connectivity index (χ1v) is 11.5. The van der Waals surface area contributed by atoms with E-state index in [1.54, 1.807) is 41.5 Å². The molecule has 0 spiro atoms. The highest BCUT2D eigenvalue weighted by Gasteiger charge is 2.37. The quantitative estimate of drug-likeness (QED) is 0.393. The van der Waals surface area contributed by atoms with Crippen LogP contribution in [0.5, 0.6) is 0 Å². The summed E-state index contributed by atoms with van der Waals surface area (Å²) in [5.74, 6) is -0.134. The van der Waals surface area contributed by atoms with Crippen molar-refractivity contribution in [3.8, 4) is 11.4 Å². The Hall–Kier alpha value is -4.58. The fourth-order valence-electron chi connectivity index (χ4n) is 4.72. The van der Waals surface area contributed by atoms with Crippen LogP contribution in [-0.4, -0.2) is 70.6 Å². The molecule has 0 bridgehead atoms. The Morgan fingerprint density at radius 2 is 1.89 bits per heavy atom. The lowest BCUT2D eigenvalue weighted by Crippen LogP contribution is -2.35. The third-order valence-electron chi connectivity index (χ3n) is 6.58. The van der Waals surface area contributed by atoms with Gasteiger partial charge in [-0.25, -0.2) is 19.7 Å². The van der Waals surface area contributed by atoms with E-state index in [-0.39, 0.29) is 18.2 Å². The molecule has 0 aromatic carbocycles. The van der Waals surface area contributed by atoms with Crippen molar-refractivity contribution in [2.45, 2.75) is 25.5 Å². The van der Waals surface area contributed by atoms with Crippen molar-refractivity contribution < 1.29 is 19.8 Å². The van der Waals surface area contributed by atoms with Crippen molar-refractivity contribution in [1.82, 2.24) is 29.2 Å². The minimum absolute atomic E-state index is 0.125. The number of fused-ring (bicyclic) bond motifs is 2. The van der Waals surface area contributed by atoms with Crippen LogP contribution in [0.3, 0.4) is 0 Å². The SMILES string of the molecule is O=C(O)N1Cc2c(-c3cncc4nccn34)ncc(Nc3ccc(N4CCC(O)CC4)cn3)c2C1=O. The summed E-state index contributed by atoms with van der Waals surface area (Å²) in [6.45, 7) is 1.39. The number of imidazole rings is 1. The van der Waals surface area contributed by atoms with Crippen LogP contribution >= 0.6 is 0 Å². The largest absolute Gasteiger partial charge is 0.465 e. The Kier molecular flexibility index (Phi) is 5.22. The minimum Gasteiger partial charge on any atom is -0.465 e. The van der Waals surface area contributed by atoms with Gasteiger partial charge in [-0.2, -0.15) is 0 Å². The summed E-state index contributed by atoms with van der Waals surface area (Å²) < 4.78 is 1.79. The monoisotopic (exact) mass is 486 g/mol. The average molecular weight is 486 g/mol. The number of pyridine rings is 2. The van der Waals surface area contributed by atoms with Gasteiger partial charge in [0.25, 0.3) is 5.91 Å². The van der Waals surface area contributed by atoms with Crippen molar-refractivity contribution in [2.75, 3.05) is 23.3 Å². The molecule has 6 rings (SSSR count). The molecule has 2 amide bonds. The number of aromatic nitrogens is 5. The zero-order valence-corrected chi connectivity index (χ0v) is 19.1. The third-order valence-corrected chi connectivity index (χ3v) is 6.58. The fourth-order valence-corrected chi connectivity index (χ4v) is 4.72. The van der Waals surface area contributed by atoms with Crippen LogP contribution in [0.1, 0.15) is 28.8 Å². The third kappa shape index (κ3) is 3.67. The van der Waals surface area contributed by atoms with Crippen LogP contribution in [0.2, 0.25) is 0 Å². The van der Waals surface area contributed by atoms with Crippen LogP contribution < -0.4 is 10.2 Å².